The van der Waals surface area contributed by atoms with E-state index in [1.807, 2.05) is 18.2 Å². The third-order valence-corrected chi connectivity index (χ3v) is 5.03. The van der Waals surface area contributed by atoms with E-state index in [0.717, 1.165) is 39.1 Å². The Balaban J connectivity index is 1.30. The van der Waals surface area contributed by atoms with Gasteiger partial charge in [0.05, 0.1) is 6.10 Å². The highest BCUT2D eigenvalue weighted by Crippen LogP contribution is 2.27. The number of likely N-dealkylation sites (tertiary alicyclic amines) is 1. The van der Waals surface area contributed by atoms with Crippen molar-refractivity contribution in [3.8, 4) is 0 Å². The minimum absolute atomic E-state index is 0.253. The lowest BCUT2D eigenvalue weighted by Gasteiger charge is -2.33. The van der Waals surface area contributed by atoms with Crippen LogP contribution in [0.15, 0.2) is 48.5 Å². The zero-order valence-corrected chi connectivity index (χ0v) is 14.8. The fourth-order valence-electron chi connectivity index (χ4n) is 3.55. The van der Waals surface area contributed by atoms with Crippen LogP contribution in [-0.2, 0) is 6.54 Å². The van der Waals surface area contributed by atoms with Gasteiger partial charge in [0.1, 0.15) is 0 Å². The smallest absolute Gasteiger partial charge is 0.0679 e. The summed E-state index contributed by atoms with van der Waals surface area (Å²) >= 11 is 0. The van der Waals surface area contributed by atoms with Crippen molar-refractivity contribution < 1.29 is 5.11 Å². The number of aliphatic hydroxyl groups is 1. The lowest BCUT2D eigenvalue weighted by molar-refractivity contribution is 0.0910. The predicted molar refractivity (Wildman–Crippen MR) is 101 cm³/mol. The molecule has 2 aromatic rings. The highest BCUT2D eigenvalue weighted by Gasteiger charge is 2.21. The molecule has 0 aliphatic carbocycles. The topological polar surface area (TPSA) is 35.5 Å². The summed E-state index contributed by atoms with van der Waals surface area (Å²) < 4.78 is 0. The first-order chi connectivity index (χ1) is 12.3. The number of hydrogen-bond donors (Lipinski definition) is 2. The third-order valence-electron chi connectivity index (χ3n) is 5.03. The molecule has 0 amide bonds. The zero-order chi connectivity index (χ0) is 17.3. The van der Waals surface area contributed by atoms with Crippen LogP contribution in [0.5, 0.6) is 0 Å². The van der Waals surface area contributed by atoms with Gasteiger partial charge in [0.2, 0.25) is 0 Å². The first-order valence-electron chi connectivity index (χ1n) is 9.34. The summed E-state index contributed by atoms with van der Waals surface area (Å²) in [5.74, 6) is 0.677. The number of benzene rings is 1. The lowest BCUT2D eigenvalue weighted by Crippen LogP contribution is -2.39. The van der Waals surface area contributed by atoms with Crippen LogP contribution >= 0.6 is 0 Å². The molecule has 0 spiro atoms. The minimum Gasteiger partial charge on any atom is -0.392 e. The van der Waals surface area contributed by atoms with Gasteiger partial charge in [-0.1, -0.05) is 42.5 Å². The van der Waals surface area contributed by atoms with Crippen molar-refractivity contribution in [1.82, 2.24) is 10.2 Å². The van der Waals surface area contributed by atoms with Crippen LogP contribution < -0.4 is 5.32 Å². The molecule has 0 radical (unpaired) electrons. The van der Waals surface area contributed by atoms with Gasteiger partial charge in [0.25, 0.3) is 0 Å². The summed E-state index contributed by atoms with van der Waals surface area (Å²) in [6.45, 7) is 4.61. The van der Waals surface area contributed by atoms with Gasteiger partial charge in [-0.05, 0) is 74.1 Å². The minimum atomic E-state index is -0.253. The van der Waals surface area contributed by atoms with Gasteiger partial charge in [-0.2, -0.15) is 0 Å². The van der Waals surface area contributed by atoms with Crippen molar-refractivity contribution in [3.63, 3.8) is 0 Å². The molecule has 0 aromatic heterocycles. The average molecular weight is 336 g/mol. The van der Waals surface area contributed by atoms with E-state index in [-0.39, 0.29) is 6.10 Å². The Morgan fingerprint density at radius 2 is 1.92 bits per heavy atom. The van der Waals surface area contributed by atoms with Crippen molar-refractivity contribution in [2.45, 2.75) is 37.8 Å². The second-order valence-corrected chi connectivity index (χ2v) is 6.95. The van der Waals surface area contributed by atoms with Gasteiger partial charge in [0.15, 0.2) is 0 Å². The van der Waals surface area contributed by atoms with Crippen molar-refractivity contribution >= 4 is 0 Å². The first-order valence-corrected chi connectivity index (χ1v) is 9.34. The number of β-amino-alcohol motifs (C(OH)–C–C–N with tert-alkyl or cyclic N) is 1. The van der Waals surface area contributed by atoms with Crippen LogP contribution in [0.2, 0.25) is 0 Å². The molecule has 1 unspecified atom stereocenters. The maximum atomic E-state index is 10.3. The standard InChI is InChI=1S/C22H28N2O/c25-22(11-14-23-17-19-7-3-1-4-8-19)18-24-15-12-21(13-16-24)20-9-5-2-6-10-20/h2-3,5-10,21-23,25H,11-18H2. The van der Waals surface area contributed by atoms with Crippen LogP contribution in [0, 0.1) is 12.1 Å². The highest BCUT2D eigenvalue weighted by atomic mass is 16.3. The summed E-state index contributed by atoms with van der Waals surface area (Å²) in [6, 6.07) is 22.5. The Morgan fingerprint density at radius 3 is 2.64 bits per heavy atom. The molecule has 2 N–H and O–H groups in total. The molecule has 1 fully saturated rings. The molecule has 1 saturated heterocycles. The van der Waals surface area contributed by atoms with Crippen LogP contribution in [-0.4, -0.2) is 42.3 Å². The number of nitrogens with one attached hydrogen (secondary N) is 1. The number of hydrogen-bond acceptors (Lipinski definition) is 3. The SMILES string of the molecule is OC(CCNCc1cc#ccc1)CN1CCC(c2ccccc2)CC1. The summed E-state index contributed by atoms with van der Waals surface area (Å²) in [6.07, 6.45) is 2.92. The monoisotopic (exact) mass is 336 g/mol. The lowest BCUT2D eigenvalue weighted by atomic mass is 9.89. The predicted octanol–water partition coefficient (Wildman–Crippen LogP) is 3.01. The van der Waals surface area contributed by atoms with E-state index in [0.29, 0.717) is 5.92 Å². The molecule has 1 atom stereocenters. The van der Waals surface area contributed by atoms with Crippen LogP contribution in [0.25, 0.3) is 0 Å². The Bertz CT molecular complexity index is 594. The molecule has 0 bridgehead atoms. The molecule has 3 rings (SSSR count). The van der Waals surface area contributed by atoms with E-state index < -0.39 is 0 Å². The number of nitrogens with zero attached hydrogens (tertiary/aromatic N) is 1. The molecule has 3 heteroatoms. The Kier molecular flexibility index (Phi) is 6.88. The second kappa shape index (κ2) is 9.58. The molecule has 3 nitrogen and oxygen atoms in total. The Labute approximate surface area is 151 Å². The van der Waals surface area contributed by atoms with Crippen LogP contribution in [0.4, 0.5) is 0 Å². The van der Waals surface area contributed by atoms with Crippen molar-refractivity contribution in [1.29, 1.82) is 0 Å². The van der Waals surface area contributed by atoms with E-state index in [4.69, 9.17) is 0 Å². The van der Waals surface area contributed by atoms with Crippen LogP contribution in [0.3, 0.4) is 0 Å². The normalized spacial score (nSPS) is 17.2. The number of aliphatic hydroxyl groups excluding tert-OH is 1. The van der Waals surface area contributed by atoms with Gasteiger partial charge in [-0.3, -0.25) is 0 Å². The summed E-state index contributed by atoms with van der Waals surface area (Å²) in [7, 11) is 0. The molecule has 1 heterocycles. The molecule has 1 aliphatic rings. The van der Waals surface area contributed by atoms with E-state index in [1.165, 1.54) is 24.0 Å². The van der Waals surface area contributed by atoms with Gasteiger partial charge in [-0.15, -0.1) is 0 Å². The van der Waals surface area contributed by atoms with E-state index >= 15 is 0 Å². The molecule has 0 saturated carbocycles. The summed E-state index contributed by atoms with van der Waals surface area (Å²) in [4.78, 5) is 2.41. The molecule has 25 heavy (non-hydrogen) atoms. The molecular weight excluding hydrogens is 308 g/mol. The first kappa shape index (κ1) is 17.9. The molecule has 132 valence electrons. The van der Waals surface area contributed by atoms with Crippen molar-refractivity contribution in [2.75, 3.05) is 26.2 Å². The molecule has 1 aliphatic heterocycles. The van der Waals surface area contributed by atoms with Gasteiger partial charge in [-0.25, -0.2) is 0 Å². The summed E-state index contributed by atoms with van der Waals surface area (Å²) in [5, 5.41) is 13.7. The Hall–Kier alpha value is -1.86. The fourth-order valence-corrected chi connectivity index (χ4v) is 3.55. The number of rotatable bonds is 8. The average Bonchev–Trinajstić information content (AvgIpc) is 2.67. The van der Waals surface area contributed by atoms with Crippen molar-refractivity contribution in [3.05, 3.63) is 71.8 Å². The van der Waals surface area contributed by atoms with Crippen LogP contribution in [0.1, 0.15) is 36.3 Å². The van der Waals surface area contributed by atoms with E-state index in [9.17, 15) is 5.11 Å². The third kappa shape index (κ3) is 5.86. The quantitative estimate of drug-likeness (QED) is 0.728. The van der Waals surface area contributed by atoms with Gasteiger partial charge >= 0.3 is 0 Å². The van der Waals surface area contributed by atoms with E-state index in [2.05, 4.69) is 52.7 Å². The zero-order valence-electron chi connectivity index (χ0n) is 14.8. The second-order valence-electron chi connectivity index (χ2n) is 6.95. The highest BCUT2D eigenvalue weighted by molar-refractivity contribution is 5.20. The van der Waals surface area contributed by atoms with E-state index in [1.54, 1.807) is 0 Å². The maximum Gasteiger partial charge on any atom is 0.0679 e. The van der Waals surface area contributed by atoms with Crippen molar-refractivity contribution in [2.24, 2.45) is 0 Å². The maximum absolute atomic E-state index is 10.3. The fraction of sp³-hybridized carbons (Fsp3) is 0.455. The molecule has 2 aromatic carbocycles. The van der Waals surface area contributed by atoms with Gasteiger partial charge in [0, 0.05) is 13.1 Å². The molecular formula is C22H28N2O. The van der Waals surface area contributed by atoms with Gasteiger partial charge < -0.3 is 15.3 Å². The summed E-state index contributed by atoms with van der Waals surface area (Å²) in [5.41, 5.74) is 2.67. The largest absolute Gasteiger partial charge is 0.392 e. The number of piperidine rings is 1. The Morgan fingerprint density at radius 1 is 1.12 bits per heavy atom.